The summed E-state index contributed by atoms with van der Waals surface area (Å²) in [6, 6.07) is 10.1. The van der Waals surface area contributed by atoms with E-state index in [0.717, 1.165) is 18.0 Å². The first-order valence-corrected chi connectivity index (χ1v) is 6.38. The van der Waals surface area contributed by atoms with Gasteiger partial charge in [-0.1, -0.05) is 18.2 Å². The van der Waals surface area contributed by atoms with Crippen LogP contribution in [-0.2, 0) is 6.18 Å². The summed E-state index contributed by atoms with van der Waals surface area (Å²) >= 11 is 0. The molecule has 0 spiro atoms. The maximum absolute atomic E-state index is 12.5. The van der Waals surface area contributed by atoms with Crippen LogP contribution in [0.1, 0.15) is 12.1 Å². The van der Waals surface area contributed by atoms with E-state index in [0.29, 0.717) is 19.6 Å². The Morgan fingerprint density at radius 1 is 1.10 bits per heavy atom. The van der Waals surface area contributed by atoms with Crippen LogP contribution in [-0.4, -0.2) is 23.1 Å². The molecule has 0 aliphatic carbocycles. The summed E-state index contributed by atoms with van der Waals surface area (Å²) in [5.74, 6) is 0.720. The Morgan fingerprint density at radius 2 is 1.86 bits per heavy atom. The number of rotatable bonds is 6. The number of benzene rings is 1. The molecule has 7 heteroatoms. The van der Waals surface area contributed by atoms with Crippen molar-refractivity contribution < 1.29 is 17.9 Å². The molecule has 0 aliphatic heterocycles. The number of anilines is 1. The average molecular weight is 297 g/mol. The molecule has 0 radical (unpaired) electrons. The second-order valence-electron chi connectivity index (χ2n) is 4.21. The lowest BCUT2D eigenvalue weighted by atomic mass is 10.3. The lowest BCUT2D eigenvalue weighted by Crippen LogP contribution is -2.13. The van der Waals surface area contributed by atoms with Gasteiger partial charge in [0.1, 0.15) is 11.4 Å². The molecule has 4 nitrogen and oxygen atoms in total. The second kappa shape index (κ2) is 6.92. The Balaban J connectivity index is 1.74. The summed E-state index contributed by atoms with van der Waals surface area (Å²) in [7, 11) is 0. The highest BCUT2D eigenvalue weighted by atomic mass is 19.4. The molecule has 1 N–H and O–H groups in total. The van der Waals surface area contributed by atoms with Crippen LogP contribution in [0.15, 0.2) is 42.6 Å². The molecule has 1 aromatic carbocycles. The van der Waals surface area contributed by atoms with Crippen molar-refractivity contribution in [2.75, 3.05) is 18.5 Å². The predicted molar refractivity (Wildman–Crippen MR) is 72.1 cm³/mol. The van der Waals surface area contributed by atoms with Crippen molar-refractivity contribution in [3.63, 3.8) is 0 Å². The van der Waals surface area contributed by atoms with E-state index in [1.54, 1.807) is 0 Å². The minimum atomic E-state index is -4.46. The van der Waals surface area contributed by atoms with Gasteiger partial charge in [-0.2, -0.15) is 13.2 Å². The van der Waals surface area contributed by atoms with Crippen molar-refractivity contribution in [2.24, 2.45) is 0 Å². The fraction of sp³-hybridized carbons (Fsp3) is 0.286. The smallest absolute Gasteiger partial charge is 0.433 e. The zero-order valence-corrected chi connectivity index (χ0v) is 11.1. The van der Waals surface area contributed by atoms with Gasteiger partial charge >= 0.3 is 6.18 Å². The Bertz CT molecular complexity index is 561. The van der Waals surface area contributed by atoms with Crippen LogP contribution >= 0.6 is 0 Å². The van der Waals surface area contributed by atoms with Crippen LogP contribution in [0.3, 0.4) is 0 Å². The van der Waals surface area contributed by atoms with E-state index in [2.05, 4.69) is 15.3 Å². The first-order chi connectivity index (χ1) is 10.1. The summed E-state index contributed by atoms with van der Waals surface area (Å²) in [5, 5.41) is 2.74. The van der Waals surface area contributed by atoms with Gasteiger partial charge in [-0.15, -0.1) is 0 Å². The zero-order chi connectivity index (χ0) is 15.1. The molecule has 112 valence electrons. The molecule has 0 saturated heterocycles. The lowest BCUT2D eigenvalue weighted by molar-refractivity contribution is -0.141. The fourth-order valence-electron chi connectivity index (χ4n) is 1.58. The number of nitrogens with one attached hydrogen (secondary N) is 1. The molecule has 0 bridgehead atoms. The third-order valence-electron chi connectivity index (χ3n) is 2.56. The van der Waals surface area contributed by atoms with Crippen LogP contribution < -0.4 is 10.1 Å². The van der Waals surface area contributed by atoms with E-state index >= 15 is 0 Å². The third kappa shape index (κ3) is 4.94. The molecule has 1 aromatic heterocycles. The number of aromatic nitrogens is 2. The molecule has 2 aromatic rings. The molecular weight excluding hydrogens is 283 g/mol. The summed E-state index contributed by atoms with van der Waals surface area (Å²) in [4.78, 5) is 7.16. The number of ether oxygens (including phenoxy) is 1. The SMILES string of the molecule is FC(F)(F)c1ccnc(NCCCOc2ccccc2)n1. The summed E-state index contributed by atoms with van der Waals surface area (Å²) in [6.45, 7) is 0.879. The number of alkyl halides is 3. The number of nitrogens with zero attached hydrogens (tertiary/aromatic N) is 2. The van der Waals surface area contributed by atoms with E-state index in [1.165, 1.54) is 0 Å². The summed E-state index contributed by atoms with van der Waals surface area (Å²) in [5.41, 5.74) is -0.958. The lowest BCUT2D eigenvalue weighted by Gasteiger charge is -2.09. The number of hydrogen-bond donors (Lipinski definition) is 1. The molecular formula is C14H14F3N3O. The first kappa shape index (κ1) is 15.1. The second-order valence-corrected chi connectivity index (χ2v) is 4.21. The fourth-order valence-corrected chi connectivity index (χ4v) is 1.58. The molecule has 2 rings (SSSR count). The van der Waals surface area contributed by atoms with Gasteiger partial charge in [0.2, 0.25) is 5.95 Å². The van der Waals surface area contributed by atoms with Crippen LogP contribution in [0.5, 0.6) is 5.75 Å². The highest BCUT2D eigenvalue weighted by molar-refractivity contribution is 5.26. The van der Waals surface area contributed by atoms with Crippen molar-refractivity contribution >= 4 is 5.95 Å². The maximum atomic E-state index is 12.5. The third-order valence-corrected chi connectivity index (χ3v) is 2.56. The van der Waals surface area contributed by atoms with Gasteiger partial charge in [0, 0.05) is 12.7 Å². The average Bonchev–Trinajstić information content (AvgIpc) is 2.47. The number of para-hydroxylation sites is 1. The largest absolute Gasteiger partial charge is 0.494 e. The van der Waals surface area contributed by atoms with Crippen LogP contribution in [0, 0.1) is 0 Å². The van der Waals surface area contributed by atoms with Crippen molar-refractivity contribution in [3.05, 3.63) is 48.3 Å². The van der Waals surface area contributed by atoms with E-state index in [4.69, 9.17) is 4.74 Å². The van der Waals surface area contributed by atoms with E-state index in [9.17, 15) is 13.2 Å². The normalized spacial score (nSPS) is 11.2. The van der Waals surface area contributed by atoms with Crippen LogP contribution in [0.2, 0.25) is 0 Å². The van der Waals surface area contributed by atoms with Gasteiger partial charge in [0.05, 0.1) is 6.61 Å². The first-order valence-electron chi connectivity index (χ1n) is 6.38. The summed E-state index contributed by atoms with van der Waals surface area (Å²) in [6.07, 6.45) is -2.76. The molecule has 0 atom stereocenters. The van der Waals surface area contributed by atoms with E-state index < -0.39 is 11.9 Å². The van der Waals surface area contributed by atoms with Gasteiger partial charge in [0.25, 0.3) is 0 Å². The van der Waals surface area contributed by atoms with Crippen molar-refractivity contribution in [1.82, 2.24) is 9.97 Å². The van der Waals surface area contributed by atoms with Gasteiger partial charge in [-0.3, -0.25) is 0 Å². The van der Waals surface area contributed by atoms with E-state index in [-0.39, 0.29) is 5.95 Å². The minimum Gasteiger partial charge on any atom is -0.494 e. The van der Waals surface area contributed by atoms with Gasteiger partial charge < -0.3 is 10.1 Å². The Hall–Kier alpha value is -2.31. The molecule has 1 heterocycles. The molecule has 0 aliphatic rings. The minimum absolute atomic E-state index is 0.0375. The standard InChI is InChI=1S/C14H14F3N3O/c15-14(16,17)12-7-9-19-13(20-12)18-8-4-10-21-11-5-2-1-3-6-11/h1-3,5-7,9H,4,8,10H2,(H,18,19,20). The molecule has 0 amide bonds. The molecule has 0 unspecified atom stereocenters. The topological polar surface area (TPSA) is 47.0 Å². The van der Waals surface area contributed by atoms with Gasteiger partial charge in [0.15, 0.2) is 0 Å². The summed E-state index contributed by atoms with van der Waals surface area (Å²) < 4.78 is 42.8. The Labute approximate surface area is 120 Å². The number of hydrogen-bond acceptors (Lipinski definition) is 4. The highest BCUT2D eigenvalue weighted by Crippen LogP contribution is 2.27. The van der Waals surface area contributed by atoms with Gasteiger partial charge in [-0.05, 0) is 24.6 Å². The highest BCUT2D eigenvalue weighted by Gasteiger charge is 2.32. The Kier molecular flexibility index (Phi) is 4.97. The molecule has 21 heavy (non-hydrogen) atoms. The molecule has 0 fully saturated rings. The van der Waals surface area contributed by atoms with Crippen LogP contribution in [0.25, 0.3) is 0 Å². The number of halogens is 3. The van der Waals surface area contributed by atoms with Crippen molar-refractivity contribution in [3.8, 4) is 5.75 Å². The quantitative estimate of drug-likeness (QED) is 0.830. The Morgan fingerprint density at radius 3 is 2.57 bits per heavy atom. The van der Waals surface area contributed by atoms with Gasteiger partial charge in [-0.25, -0.2) is 9.97 Å². The monoisotopic (exact) mass is 297 g/mol. The molecule has 0 saturated carbocycles. The van der Waals surface area contributed by atoms with Crippen molar-refractivity contribution in [1.29, 1.82) is 0 Å². The predicted octanol–water partition coefficient (Wildman–Crippen LogP) is 3.38. The zero-order valence-electron chi connectivity index (χ0n) is 11.1. The van der Waals surface area contributed by atoms with Crippen LogP contribution in [0.4, 0.5) is 19.1 Å². The van der Waals surface area contributed by atoms with Crippen molar-refractivity contribution in [2.45, 2.75) is 12.6 Å². The van der Waals surface area contributed by atoms with E-state index in [1.807, 2.05) is 30.3 Å². The maximum Gasteiger partial charge on any atom is 0.433 e.